The van der Waals surface area contributed by atoms with E-state index in [1.165, 1.54) is 33.3 Å². The third-order valence-electron chi connectivity index (χ3n) is 14.3. The summed E-state index contributed by atoms with van der Waals surface area (Å²) < 4.78 is 17.5. The second-order valence-electron chi connectivity index (χ2n) is 18.3. The first-order chi connectivity index (χ1) is 33.5. The molecule has 4 aliphatic rings. The summed E-state index contributed by atoms with van der Waals surface area (Å²) in [4.78, 5) is 35.0. The van der Waals surface area contributed by atoms with Crippen LogP contribution in [0.5, 0.6) is 11.5 Å². The average Bonchev–Trinajstić information content (AvgIpc) is 4.02. The number of rotatable bonds is 11. The molecule has 12 rings (SSSR count). The van der Waals surface area contributed by atoms with E-state index in [2.05, 4.69) is 131 Å². The normalized spacial score (nSPS) is 15.9. The van der Waals surface area contributed by atoms with Gasteiger partial charge in [0.25, 0.3) is 0 Å². The maximum atomic E-state index is 6.63. The lowest BCUT2D eigenvalue weighted by Gasteiger charge is -2.36. The second kappa shape index (κ2) is 17.7. The number of aromatic nitrogens is 6. The molecule has 0 saturated carbocycles. The molecule has 0 aliphatic carbocycles. The fourth-order valence-electron chi connectivity index (χ4n) is 10.7. The van der Waals surface area contributed by atoms with E-state index in [9.17, 15) is 0 Å². The number of oxime groups is 1. The predicted molar refractivity (Wildman–Crippen MR) is 266 cm³/mol. The lowest BCUT2D eigenvalue weighted by Crippen LogP contribution is -2.47. The minimum atomic E-state index is 0.342. The van der Waals surface area contributed by atoms with Crippen LogP contribution < -0.4 is 19.3 Å². The molecule has 0 N–H and O–H groups in total. The molecule has 8 aromatic rings. The van der Waals surface area contributed by atoms with Crippen LogP contribution in [0.2, 0.25) is 0 Å². The summed E-state index contributed by atoms with van der Waals surface area (Å²) in [6.45, 7) is 14.6. The molecule has 0 spiro atoms. The molecule has 4 aliphatic heterocycles. The molecule has 0 radical (unpaired) electrons. The number of hydrogen-bond donors (Lipinski definition) is 0. The van der Waals surface area contributed by atoms with Crippen LogP contribution in [0.4, 0.5) is 11.4 Å². The topological polar surface area (TPSA) is 114 Å². The van der Waals surface area contributed by atoms with Gasteiger partial charge in [-0.3, -0.25) is 28.9 Å². The summed E-state index contributed by atoms with van der Waals surface area (Å²) in [7, 11) is 1.56. The summed E-state index contributed by atoms with van der Waals surface area (Å²) in [5.41, 5.74) is 14.8. The van der Waals surface area contributed by atoms with Crippen molar-refractivity contribution in [2.75, 3.05) is 82.4 Å². The zero-order valence-corrected chi connectivity index (χ0v) is 38.9. The summed E-state index contributed by atoms with van der Waals surface area (Å²) in [5.74, 6) is 1.81. The zero-order valence-electron chi connectivity index (χ0n) is 38.9. The van der Waals surface area contributed by atoms with Gasteiger partial charge in [-0.05, 0) is 98.5 Å². The number of pyridine rings is 2. The molecule has 2 fully saturated rings. The summed E-state index contributed by atoms with van der Waals surface area (Å²) in [6, 6.07) is 34.4. The molecule has 4 aromatic carbocycles. The first-order valence-corrected chi connectivity index (χ1v) is 23.9. The van der Waals surface area contributed by atoms with Gasteiger partial charge in [0, 0.05) is 99.0 Å². The smallest absolute Gasteiger partial charge is 0.158 e. The van der Waals surface area contributed by atoms with Gasteiger partial charge in [0.05, 0.1) is 33.8 Å². The molecule has 8 heterocycles. The van der Waals surface area contributed by atoms with Gasteiger partial charge in [-0.15, -0.1) is 0 Å². The van der Waals surface area contributed by atoms with E-state index in [1.807, 2.05) is 26.5 Å². The van der Waals surface area contributed by atoms with Crippen LogP contribution in [0.1, 0.15) is 45.3 Å². The Morgan fingerprint density at radius 1 is 0.544 bits per heavy atom. The highest BCUT2D eigenvalue weighted by molar-refractivity contribution is 6.12. The van der Waals surface area contributed by atoms with Gasteiger partial charge in [0.1, 0.15) is 55.9 Å². The van der Waals surface area contributed by atoms with Crippen LogP contribution in [-0.4, -0.2) is 117 Å². The van der Waals surface area contributed by atoms with Crippen molar-refractivity contribution in [1.82, 2.24) is 38.9 Å². The Balaban J connectivity index is 0.713. The van der Waals surface area contributed by atoms with Gasteiger partial charge < -0.3 is 24.1 Å². The summed E-state index contributed by atoms with van der Waals surface area (Å²) in [6.07, 6.45) is 5.51. The van der Waals surface area contributed by atoms with E-state index in [4.69, 9.17) is 34.2 Å². The minimum Gasteiger partial charge on any atom is -0.485 e. The first kappa shape index (κ1) is 42.1. The minimum absolute atomic E-state index is 0.342. The molecule has 4 aromatic heterocycles. The Bertz CT molecular complexity index is 3010. The fraction of sp³-hybridized carbons (Fsp3) is 0.315. The van der Waals surface area contributed by atoms with Crippen LogP contribution in [0.15, 0.2) is 115 Å². The van der Waals surface area contributed by atoms with Crippen molar-refractivity contribution in [2.24, 2.45) is 5.16 Å². The Hall–Kier alpha value is -7.29. The highest BCUT2D eigenvalue weighted by Crippen LogP contribution is 2.38. The van der Waals surface area contributed by atoms with Crippen LogP contribution in [-0.2, 0) is 30.9 Å². The van der Waals surface area contributed by atoms with Crippen LogP contribution in [0.25, 0.3) is 33.2 Å². The van der Waals surface area contributed by atoms with E-state index >= 15 is 0 Å². The number of ether oxygens (including phenoxy) is 2. The Morgan fingerprint density at radius 2 is 0.985 bits per heavy atom. The summed E-state index contributed by atoms with van der Waals surface area (Å²) in [5, 5.41) is 6.99. The van der Waals surface area contributed by atoms with Crippen molar-refractivity contribution < 1.29 is 14.3 Å². The first-order valence-electron chi connectivity index (χ1n) is 23.9. The van der Waals surface area contributed by atoms with Gasteiger partial charge >= 0.3 is 0 Å². The van der Waals surface area contributed by atoms with Crippen molar-refractivity contribution >= 4 is 38.9 Å². The number of imidazole rings is 2. The Morgan fingerprint density at radius 3 is 1.44 bits per heavy atom. The number of piperazine rings is 2. The van der Waals surface area contributed by atoms with E-state index in [0.29, 0.717) is 30.3 Å². The molecule has 0 amide bonds. The monoisotopic (exact) mass is 905 g/mol. The van der Waals surface area contributed by atoms with Gasteiger partial charge in [0.15, 0.2) is 5.71 Å². The van der Waals surface area contributed by atoms with Crippen LogP contribution >= 0.6 is 0 Å². The van der Waals surface area contributed by atoms with Gasteiger partial charge in [0.2, 0.25) is 0 Å². The van der Waals surface area contributed by atoms with Gasteiger partial charge in [-0.25, -0.2) is 9.97 Å². The van der Waals surface area contributed by atoms with E-state index < -0.39 is 0 Å². The van der Waals surface area contributed by atoms with E-state index in [-0.39, 0.29) is 0 Å². The SMILES string of the molecule is CON=C(c1ncn2c1COc1c(CCN3CCN(c4cccc5nc(C)ccc45)CC3)cccc1-2)c1ncn2c1COc1c(CCN3CCN(c4cccc5nc(C)ccc45)CC3)cccc1-2. The van der Waals surface area contributed by atoms with Gasteiger partial charge in [-0.1, -0.05) is 41.6 Å². The second-order valence-corrected chi connectivity index (χ2v) is 18.3. The maximum absolute atomic E-state index is 6.63. The molecule has 344 valence electrons. The van der Waals surface area contributed by atoms with E-state index in [0.717, 1.165) is 135 Å². The molecule has 14 nitrogen and oxygen atoms in total. The average molecular weight is 906 g/mol. The number of nitrogens with zero attached hydrogens (tertiary/aromatic N) is 11. The number of fused-ring (bicyclic) bond motifs is 8. The van der Waals surface area contributed by atoms with Crippen molar-refractivity contribution in [1.29, 1.82) is 0 Å². The molecule has 2 saturated heterocycles. The van der Waals surface area contributed by atoms with Crippen molar-refractivity contribution in [2.45, 2.75) is 39.9 Å². The number of benzene rings is 4. The number of aryl methyl sites for hydroxylation is 2. The van der Waals surface area contributed by atoms with Crippen molar-refractivity contribution in [3.63, 3.8) is 0 Å². The number of hydrogen-bond acceptors (Lipinski definition) is 12. The Kier molecular flexibility index (Phi) is 11.0. The molecule has 0 bridgehead atoms. The quantitative estimate of drug-likeness (QED) is 0.0941. The fourth-order valence-corrected chi connectivity index (χ4v) is 10.7. The summed E-state index contributed by atoms with van der Waals surface area (Å²) >= 11 is 0. The molecule has 14 heteroatoms. The van der Waals surface area contributed by atoms with Crippen LogP contribution in [0, 0.1) is 13.8 Å². The lowest BCUT2D eigenvalue weighted by molar-refractivity contribution is 0.213. The third kappa shape index (κ3) is 7.67. The largest absolute Gasteiger partial charge is 0.485 e. The zero-order chi connectivity index (χ0) is 45.7. The molecule has 0 atom stereocenters. The number of anilines is 2. The maximum Gasteiger partial charge on any atom is 0.158 e. The van der Waals surface area contributed by atoms with Crippen molar-refractivity contribution in [3.8, 4) is 22.9 Å². The van der Waals surface area contributed by atoms with Crippen LogP contribution in [0.3, 0.4) is 0 Å². The lowest BCUT2D eigenvalue weighted by atomic mass is 10.0. The van der Waals surface area contributed by atoms with Gasteiger partial charge in [-0.2, -0.15) is 0 Å². The highest BCUT2D eigenvalue weighted by atomic mass is 16.6. The molecular weight excluding hydrogens is 851 g/mol. The molecular formula is C54H55N11O3. The van der Waals surface area contributed by atoms with Crippen molar-refractivity contribution in [3.05, 3.63) is 155 Å². The standard InChI is InChI=1S/C54H55N11O3/c1-36-16-18-40-42(57-36)10-6-12-44(40)62-28-24-60(25-29-62)22-20-38-8-4-14-46-53(38)67-32-48-50(55-34-64(46)48)52(59-66-3)51-49-33-68-54-39(9-5-15-47(54)65(49)35-56-51)21-23-61-26-30-63(31-27-61)45-13-7-11-43-41(45)19-17-37(2)58-43/h4-19,34-35H,20-33H2,1-3H3. The third-order valence-corrected chi connectivity index (χ3v) is 14.3. The Labute approximate surface area is 396 Å². The molecule has 68 heavy (non-hydrogen) atoms. The molecule has 0 unspecified atom stereocenters. The number of para-hydroxylation sites is 2. The van der Waals surface area contributed by atoms with E-state index in [1.54, 1.807) is 7.11 Å². The highest BCUT2D eigenvalue weighted by Gasteiger charge is 2.32. The predicted octanol–water partition coefficient (Wildman–Crippen LogP) is 7.68.